The van der Waals surface area contributed by atoms with E-state index in [1.807, 2.05) is 4.90 Å². The molecule has 9 heteroatoms. The van der Waals surface area contributed by atoms with Crippen molar-refractivity contribution < 1.29 is 9.66 Å². The lowest BCUT2D eigenvalue weighted by molar-refractivity contribution is -0.383. The molecule has 0 saturated carbocycles. The lowest BCUT2D eigenvalue weighted by Gasteiger charge is -2.27. The monoisotopic (exact) mass is 322 g/mol. The van der Waals surface area contributed by atoms with Gasteiger partial charge >= 0.3 is 5.69 Å². The van der Waals surface area contributed by atoms with Gasteiger partial charge in [0.15, 0.2) is 0 Å². The smallest absolute Gasteiger partial charge is 0.353 e. The molecule has 3 heterocycles. The summed E-state index contributed by atoms with van der Waals surface area (Å²) in [4.78, 5) is 21.2. The van der Waals surface area contributed by atoms with E-state index in [1.54, 1.807) is 0 Å². The number of ether oxygens (including phenoxy) is 1. The first-order valence-corrected chi connectivity index (χ1v) is 8.07. The van der Waals surface area contributed by atoms with E-state index >= 15 is 0 Å². The van der Waals surface area contributed by atoms with E-state index in [1.165, 1.54) is 0 Å². The number of nitrogens with two attached hydrogens (primary N) is 1. The van der Waals surface area contributed by atoms with Crippen molar-refractivity contribution in [3.63, 3.8) is 0 Å². The molecule has 1 atom stereocenters. The third-order valence-corrected chi connectivity index (χ3v) is 4.24. The zero-order valence-electron chi connectivity index (χ0n) is 13.0. The van der Waals surface area contributed by atoms with Crippen LogP contribution in [0.1, 0.15) is 32.1 Å². The van der Waals surface area contributed by atoms with Crippen LogP contribution >= 0.6 is 0 Å². The minimum Gasteiger partial charge on any atom is -0.378 e. The van der Waals surface area contributed by atoms with E-state index in [-0.39, 0.29) is 17.6 Å². The molecular weight excluding hydrogens is 300 g/mol. The van der Waals surface area contributed by atoms with Crippen molar-refractivity contribution in [2.45, 2.75) is 38.2 Å². The van der Waals surface area contributed by atoms with E-state index in [4.69, 9.17) is 10.5 Å². The first-order valence-electron chi connectivity index (χ1n) is 8.07. The number of hydrogen-bond acceptors (Lipinski definition) is 8. The van der Waals surface area contributed by atoms with E-state index in [0.717, 1.165) is 51.8 Å². The summed E-state index contributed by atoms with van der Waals surface area (Å²) >= 11 is 0. The van der Waals surface area contributed by atoms with E-state index in [9.17, 15) is 10.1 Å². The van der Waals surface area contributed by atoms with E-state index in [2.05, 4.69) is 15.3 Å². The van der Waals surface area contributed by atoms with Crippen LogP contribution in [-0.4, -0.2) is 47.2 Å². The first-order chi connectivity index (χ1) is 11.1. The van der Waals surface area contributed by atoms with Crippen LogP contribution in [0.4, 0.5) is 23.3 Å². The Morgan fingerprint density at radius 1 is 1.30 bits per heavy atom. The third-order valence-electron chi connectivity index (χ3n) is 4.24. The highest BCUT2D eigenvalue weighted by Crippen LogP contribution is 2.33. The number of nitrogen functional groups attached to an aromatic ring is 1. The highest BCUT2D eigenvalue weighted by molar-refractivity contribution is 5.71. The number of nitrogens with zero attached hydrogens (tertiary/aromatic N) is 4. The van der Waals surface area contributed by atoms with Gasteiger partial charge in [-0.25, -0.2) is 0 Å². The summed E-state index contributed by atoms with van der Waals surface area (Å²) in [7, 11) is 0. The molecule has 1 aromatic rings. The van der Waals surface area contributed by atoms with Crippen LogP contribution in [0.2, 0.25) is 0 Å². The standard InChI is InChI=1S/C14H22N6O3/c15-12-11(20(21)22)13(19-6-2-1-3-7-19)18-14(17-12)16-9-10-5-4-8-23-10/h10H,1-9H2,(H3,15,16,17,18)/t10-/m0/s1. The fourth-order valence-electron chi connectivity index (χ4n) is 3.05. The van der Waals surface area contributed by atoms with Crippen molar-refractivity contribution >= 4 is 23.3 Å². The van der Waals surface area contributed by atoms with Crippen LogP contribution in [0, 0.1) is 10.1 Å². The molecule has 9 nitrogen and oxygen atoms in total. The van der Waals surface area contributed by atoms with Crippen LogP contribution in [-0.2, 0) is 4.74 Å². The summed E-state index contributed by atoms with van der Waals surface area (Å²) in [5.41, 5.74) is 5.62. The van der Waals surface area contributed by atoms with Crippen molar-refractivity contribution in [3.05, 3.63) is 10.1 Å². The number of hydrogen-bond donors (Lipinski definition) is 2. The summed E-state index contributed by atoms with van der Waals surface area (Å²) in [5, 5.41) is 14.4. The molecule has 0 spiro atoms. The Kier molecular flexibility index (Phi) is 4.75. The average molecular weight is 322 g/mol. The molecule has 0 bridgehead atoms. The molecule has 0 aromatic carbocycles. The van der Waals surface area contributed by atoms with Gasteiger partial charge in [0.05, 0.1) is 11.0 Å². The predicted octanol–water partition coefficient (Wildman–Crippen LogP) is 1.55. The highest BCUT2D eigenvalue weighted by Gasteiger charge is 2.28. The number of nitrogens with one attached hydrogen (secondary N) is 1. The maximum atomic E-state index is 11.3. The molecule has 0 radical (unpaired) electrons. The van der Waals surface area contributed by atoms with Gasteiger partial charge in [0.2, 0.25) is 17.6 Å². The zero-order chi connectivity index (χ0) is 16.2. The maximum Gasteiger partial charge on any atom is 0.353 e. The number of nitro groups is 1. The first kappa shape index (κ1) is 15.7. The molecule has 2 aliphatic heterocycles. The Labute approximate surface area is 134 Å². The lowest BCUT2D eigenvalue weighted by Crippen LogP contribution is -2.31. The fraction of sp³-hybridized carbons (Fsp3) is 0.714. The van der Waals surface area contributed by atoms with Crippen molar-refractivity contribution in [3.8, 4) is 0 Å². The Hall–Kier alpha value is -2.16. The molecule has 1 aromatic heterocycles. The van der Waals surface area contributed by atoms with Crippen molar-refractivity contribution in [1.82, 2.24) is 9.97 Å². The Morgan fingerprint density at radius 2 is 2.09 bits per heavy atom. The van der Waals surface area contributed by atoms with Gasteiger partial charge in [0.1, 0.15) is 0 Å². The number of anilines is 3. The molecule has 23 heavy (non-hydrogen) atoms. The zero-order valence-corrected chi connectivity index (χ0v) is 13.0. The summed E-state index contributed by atoms with van der Waals surface area (Å²) < 4.78 is 5.55. The molecular formula is C14H22N6O3. The molecule has 0 aliphatic carbocycles. The second-order valence-electron chi connectivity index (χ2n) is 5.93. The number of piperidine rings is 1. The van der Waals surface area contributed by atoms with E-state index in [0.29, 0.717) is 18.3 Å². The van der Waals surface area contributed by atoms with Gasteiger partial charge in [0.25, 0.3) is 0 Å². The van der Waals surface area contributed by atoms with Gasteiger partial charge in [-0.3, -0.25) is 10.1 Å². The van der Waals surface area contributed by atoms with Crippen molar-refractivity contribution in [2.75, 3.05) is 42.2 Å². The quantitative estimate of drug-likeness (QED) is 0.619. The molecule has 3 N–H and O–H groups in total. The number of rotatable bonds is 5. The molecule has 2 fully saturated rings. The molecule has 0 amide bonds. The topological polar surface area (TPSA) is 119 Å². The van der Waals surface area contributed by atoms with Gasteiger partial charge in [-0.15, -0.1) is 0 Å². The molecule has 0 unspecified atom stereocenters. The van der Waals surface area contributed by atoms with Crippen LogP contribution in [0.15, 0.2) is 0 Å². The van der Waals surface area contributed by atoms with E-state index < -0.39 is 4.92 Å². The summed E-state index contributed by atoms with van der Waals surface area (Å²) in [6.07, 6.45) is 5.31. The van der Waals surface area contributed by atoms with Gasteiger partial charge in [-0.1, -0.05) is 0 Å². The van der Waals surface area contributed by atoms with Crippen LogP contribution in [0.5, 0.6) is 0 Å². The Balaban J connectivity index is 1.82. The minimum absolute atomic E-state index is 0.0968. The summed E-state index contributed by atoms with van der Waals surface area (Å²) in [6, 6.07) is 0. The molecule has 126 valence electrons. The summed E-state index contributed by atoms with van der Waals surface area (Å²) in [6.45, 7) is 2.86. The van der Waals surface area contributed by atoms with Crippen LogP contribution in [0.25, 0.3) is 0 Å². The second kappa shape index (κ2) is 6.95. The lowest BCUT2D eigenvalue weighted by atomic mass is 10.1. The molecule has 2 aliphatic rings. The average Bonchev–Trinajstić information content (AvgIpc) is 3.06. The second-order valence-corrected chi connectivity index (χ2v) is 5.93. The normalized spacial score (nSPS) is 21.4. The van der Waals surface area contributed by atoms with Gasteiger partial charge in [0, 0.05) is 26.2 Å². The predicted molar refractivity (Wildman–Crippen MR) is 86.6 cm³/mol. The molecule has 2 saturated heterocycles. The van der Waals surface area contributed by atoms with Gasteiger partial charge in [-0.05, 0) is 32.1 Å². The van der Waals surface area contributed by atoms with Crippen LogP contribution in [0.3, 0.4) is 0 Å². The van der Waals surface area contributed by atoms with Gasteiger partial charge < -0.3 is 20.7 Å². The minimum atomic E-state index is -0.497. The summed E-state index contributed by atoms with van der Waals surface area (Å²) in [5.74, 6) is 0.543. The number of aromatic nitrogens is 2. The van der Waals surface area contributed by atoms with Crippen molar-refractivity contribution in [2.24, 2.45) is 0 Å². The largest absolute Gasteiger partial charge is 0.378 e. The third kappa shape index (κ3) is 3.61. The maximum absolute atomic E-state index is 11.3. The Bertz CT molecular complexity index is 570. The fourth-order valence-corrected chi connectivity index (χ4v) is 3.05. The Morgan fingerprint density at radius 3 is 2.74 bits per heavy atom. The van der Waals surface area contributed by atoms with Crippen LogP contribution < -0.4 is 16.0 Å². The highest BCUT2D eigenvalue weighted by atomic mass is 16.6. The van der Waals surface area contributed by atoms with Gasteiger partial charge in [-0.2, -0.15) is 9.97 Å². The molecule has 3 rings (SSSR count). The van der Waals surface area contributed by atoms with Crippen molar-refractivity contribution in [1.29, 1.82) is 0 Å². The SMILES string of the molecule is Nc1nc(NC[C@@H]2CCCO2)nc(N2CCCCC2)c1[N+](=O)[O-].